The summed E-state index contributed by atoms with van der Waals surface area (Å²) in [4.78, 5) is 39.5. The number of benzene rings is 2. The number of rotatable bonds is 13. The lowest BCUT2D eigenvalue weighted by atomic mass is 9.90. The number of unbranched alkanes of at least 4 members (excludes halogenated alkanes) is 1. The van der Waals surface area contributed by atoms with Crippen LogP contribution in [0, 0.1) is 5.92 Å². The van der Waals surface area contributed by atoms with Gasteiger partial charge in [-0.05, 0) is 62.0 Å². The van der Waals surface area contributed by atoms with E-state index in [0.717, 1.165) is 37.7 Å². The molecule has 3 amide bonds. The molecule has 0 aliphatic carbocycles. The fourth-order valence-corrected chi connectivity index (χ4v) is 4.71. The van der Waals surface area contributed by atoms with Crippen molar-refractivity contribution in [2.75, 3.05) is 19.6 Å². The molecule has 0 bridgehead atoms. The number of hydrogen-bond donors (Lipinski definition) is 2. The molecule has 1 aliphatic heterocycles. The lowest BCUT2D eigenvalue weighted by Crippen LogP contribution is -2.51. The summed E-state index contributed by atoms with van der Waals surface area (Å²) in [6.07, 6.45) is 5.66. The predicted molar refractivity (Wildman–Crippen MR) is 145 cm³/mol. The highest BCUT2D eigenvalue weighted by Gasteiger charge is 2.29. The summed E-state index contributed by atoms with van der Waals surface area (Å²) in [5.41, 5.74) is 2.22. The summed E-state index contributed by atoms with van der Waals surface area (Å²) in [7, 11) is 0. The Morgan fingerprint density at radius 3 is 2.24 bits per heavy atom. The molecule has 7 heteroatoms. The van der Waals surface area contributed by atoms with Gasteiger partial charge in [0.25, 0.3) is 0 Å². The number of carbonyl (C=O) groups excluding carboxylic acids is 3. The van der Waals surface area contributed by atoms with Gasteiger partial charge >= 0.3 is 6.09 Å². The van der Waals surface area contributed by atoms with E-state index in [9.17, 15) is 14.4 Å². The van der Waals surface area contributed by atoms with Crippen molar-refractivity contribution >= 4 is 17.9 Å². The molecule has 3 rings (SSSR count). The van der Waals surface area contributed by atoms with E-state index in [1.165, 1.54) is 5.56 Å². The number of alkyl carbamates (subject to hydrolysis) is 1. The van der Waals surface area contributed by atoms with Gasteiger partial charge in [-0.15, -0.1) is 0 Å². The van der Waals surface area contributed by atoms with E-state index >= 15 is 0 Å². The number of amides is 3. The van der Waals surface area contributed by atoms with Gasteiger partial charge in [0.05, 0.1) is 0 Å². The predicted octanol–water partition coefficient (Wildman–Crippen LogP) is 4.85. The molecular weight excluding hydrogens is 466 g/mol. The summed E-state index contributed by atoms with van der Waals surface area (Å²) in [6, 6.07) is 19.3. The molecule has 37 heavy (non-hydrogen) atoms. The van der Waals surface area contributed by atoms with Crippen LogP contribution < -0.4 is 10.6 Å². The highest BCUT2D eigenvalue weighted by atomic mass is 16.5. The first-order valence-electron chi connectivity index (χ1n) is 13.6. The molecule has 1 atom stereocenters. The second-order valence-electron chi connectivity index (χ2n) is 9.81. The van der Waals surface area contributed by atoms with Crippen LogP contribution in [0.25, 0.3) is 0 Å². The van der Waals surface area contributed by atoms with Gasteiger partial charge in [0.2, 0.25) is 11.8 Å². The van der Waals surface area contributed by atoms with Crippen molar-refractivity contribution in [2.24, 2.45) is 5.92 Å². The molecule has 0 spiro atoms. The second-order valence-corrected chi connectivity index (χ2v) is 9.81. The maximum atomic E-state index is 13.4. The Labute approximate surface area is 221 Å². The van der Waals surface area contributed by atoms with E-state index in [1.54, 1.807) is 0 Å². The highest BCUT2D eigenvalue weighted by Crippen LogP contribution is 2.22. The van der Waals surface area contributed by atoms with Gasteiger partial charge in [-0.1, -0.05) is 67.6 Å². The lowest BCUT2D eigenvalue weighted by molar-refractivity contribution is -0.135. The summed E-state index contributed by atoms with van der Waals surface area (Å²) < 4.78 is 5.39. The molecule has 1 aliphatic rings. The molecule has 1 saturated heterocycles. The quantitative estimate of drug-likeness (QED) is 0.380. The topological polar surface area (TPSA) is 87.7 Å². The number of likely N-dealkylation sites (tertiary alicyclic amines) is 1. The molecule has 0 saturated carbocycles. The van der Waals surface area contributed by atoms with E-state index in [2.05, 4.69) is 34.9 Å². The monoisotopic (exact) mass is 507 g/mol. The number of carbonyl (C=O) groups is 3. The number of ether oxygens (including phenoxy) is 1. The number of nitrogens with zero attached hydrogens (tertiary/aromatic N) is 1. The van der Waals surface area contributed by atoms with Crippen LogP contribution in [0.5, 0.6) is 0 Å². The van der Waals surface area contributed by atoms with Gasteiger partial charge in [0.15, 0.2) is 0 Å². The van der Waals surface area contributed by atoms with Crippen molar-refractivity contribution in [3.05, 3.63) is 71.8 Å². The highest BCUT2D eigenvalue weighted by molar-refractivity contribution is 5.85. The smallest absolute Gasteiger partial charge is 0.408 e. The van der Waals surface area contributed by atoms with E-state index in [0.29, 0.717) is 44.8 Å². The minimum absolute atomic E-state index is 0.0511. The standard InChI is InChI=1S/C30H41N3O4/c1-2-11-28(34)31-19-10-9-16-27(32-30(36)37-23-26-14-7-4-8-15-26)29(35)33-20-17-25(18-21-33)22-24-12-5-3-6-13-24/h3-8,12-15,25,27H,2,9-11,16-23H2,1H3,(H,31,34)(H,32,36)/t27-/m0/s1. The first kappa shape index (κ1) is 28.2. The third-order valence-electron chi connectivity index (χ3n) is 6.82. The van der Waals surface area contributed by atoms with Gasteiger partial charge in [-0.25, -0.2) is 4.79 Å². The van der Waals surface area contributed by atoms with Crippen LogP contribution in [0.3, 0.4) is 0 Å². The normalized spacial score (nSPS) is 14.6. The van der Waals surface area contributed by atoms with Crippen molar-refractivity contribution in [3.8, 4) is 0 Å². The molecule has 0 radical (unpaired) electrons. The first-order chi connectivity index (χ1) is 18.0. The molecule has 2 N–H and O–H groups in total. The zero-order chi connectivity index (χ0) is 26.3. The third kappa shape index (κ3) is 10.3. The van der Waals surface area contributed by atoms with Gasteiger partial charge < -0.3 is 20.3 Å². The van der Waals surface area contributed by atoms with E-state index in [1.807, 2.05) is 48.2 Å². The Balaban J connectivity index is 1.50. The fourth-order valence-electron chi connectivity index (χ4n) is 4.71. The molecule has 1 heterocycles. The van der Waals surface area contributed by atoms with Crippen molar-refractivity contribution in [3.63, 3.8) is 0 Å². The Hall–Kier alpha value is -3.35. The lowest BCUT2D eigenvalue weighted by Gasteiger charge is -2.34. The van der Waals surface area contributed by atoms with E-state index in [-0.39, 0.29) is 18.4 Å². The Bertz CT molecular complexity index is 959. The number of piperidine rings is 1. The summed E-state index contributed by atoms with van der Waals surface area (Å²) in [5, 5.41) is 5.72. The van der Waals surface area contributed by atoms with Gasteiger partial charge in [-0.3, -0.25) is 9.59 Å². The van der Waals surface area contributed by atoms with E-state index < -0.39 is 12.1 Å². The van der Waals surface area contributed by atoms with Crippen LogP contribution >= 0.6 is 0 Å². The average molecular weight is 508 g/mol. The SMILES string of the molecule is CCCC(=O)NCCCC[C@H](NC(=O)OCc1ccccc1)C(=O)N1CCC(Cc2ccccc2)CC1. The van der Waals surface area contributed by atoms with Crippen molar-refractivity contribution < 1.29 is 19.1 Å². The van der Waals surface area contributed by atoms with Crippen molar-refractivity contribution in [1.29, 1.82) is 0 Å². The molecular formula is C30H41N3O4. The molecule has 200 valence electrons. The Kier molecular flexibility index (Phi) is 12.0. The van der Waals surface area contributed by atoms with Gasteiger partial charge in [0, 0.05) is 26.1 Å². The minimum Gasteiger partial charge on any atom is -0.445 e. The van der Waals surface area contributed by atoms with Crippen LogP contribution in [0.1, 0.15) is 63.0 Å². The molecule has 2 aromatic carbocycles. The van der Waals surface area contributed by atoms with Crippen LogP contribution in [-0.4, -0.2) is 48.5 Å². The second kappa shape index (κ2) is 15.7. The summed E-state index contributed by atoms with van der Waals surface area (Å²) in [6.45, 7) is 4.09. The number of nitrogens with one attached hydrogen (secondary N) is 2. The van der Waals surface area contributed by atoms with Crippen molar-refractivity contribution in [1.82, 2.24) is 15.5 Å². The zero-order valence-electron chi connectivity index (χ0n) is 22.0. The van der Waals surface area contributed by atoms with Crippen molar-refractivity contribution in [2.45, 2.75) is 70.9 Å². The molecule has 0 unspecified atom stereocenters. The first-order valence-corrected chi connectivity index (χ1v) is 13.6. The third-order valence-corrected chi connectivity index (χ3v) is 6.82. The Morgan fingerprint density at radius 1 is 0.946 bits per heavy atom. The molecule has 7 nitrogen and oxygen atoms in total. The maximum absolute atomic E-state index is 13.4. The molecule has 2 aromatic rings. The van der Waals surface area contributed by atoms with Gasteiger partial charge in [0.1, 0.15) is 12.6 Å². The van der Waals surface area contributed by atoms with Gasteiger partial charge in [-0.2, -0.15) is 0 Å². The maximum Gasteiger partial charge on any atom is 0.408 e. The Morgan fingerprint density at radius 2 is 1.59 bits per heavy atom. The van der Waals surface area contributed by atoms with Crippen LogP contribution in [0.4, 0.5) is 4.79 Å². The summed E-state index contributed by atoms with van der Waals surface area (Å²) in [5.74, 6) is 0.557. The number of hydrogen-bond acceptors (Lipinski definition) is 4. The van der Waals surface area contributed by atoms with Crippen LogP contribution in [0.15, 0.2) is 60.7 Å². The molecule has 1 fully saturated rings. The van der Waals surface area contributed by atoms with E-state index in [4.69, 9.17) is 4.74 Å². The minimum atomic E-state index is -0.639. The van der Waals surface area contributed by atoms with Crippen LogP contribution in [0.2, 0.25) is 0 Å². The fraction of sp³-hybridized carbons (Fsp3) is 0.500. The van der Waals surface area contributed by atoms with Crippen LogP contribution in [-0.2, 0) is 27.4 Å². The molecule has 0 aromatic heterocycles. The average Bonchev–Trinajstić information content (AvgIpc) is 2.92. The summed E-state index contributed by atoms with van der Waals surface area (Å²) >= 11 is 0. The zero-order valence-corrected chi connectivity index (χ0v) is 22.0. The largest absolute Gasteiger partial charge is 0.445 e.